The van der Waals surface area contributed by atoms with E-state index in [1.807, 2.05) is 0 Å². The Kier molecular flexibility index (Phi) is 11.1. The zero-order valence-electron chi connectivity index (χ0n) is 13.3. The quantitative estimate of drug-likeness (QED) is 0.294. The molecule has 0 amide bonds. The first-order valence-electron chi connectivity index (χ1n) is 7.04. The highest BCUT2D eigenvalue weighted by Gasteiger charge is 2.68. The van der Waals surface area contributed by atoms with E-state index >= 15 is 0 Å². The molecule has 0 bridgehead atoms. The maximum Gasteiger partial charge on any atom is 0.597 e. The van der Waals surface area contributed by atoms with Gasteiger partial charge in [0.05, 0.1) is 0 Å². The molecule has 0 radical (unpaired) electrons. The molecule has 0 heterocycles. The van der Waals surface area contributed by atoms with Crippen LogP contribution < -0.4 is 0 Å². The molecule has 0 aliphatic rings. The molecule has 128 valence electrons. The first-order valence-corrected chi connectivity index (χ1v) is 9.93. The van der Waals surface area contributed by atoms with Gasteiger partial charge in [-0.2, -0.15) is 0 Å². The second-order valence-corrected chi connectivity index (χ2v) is 6.90. The van der Waals surface area contributed by atoms with Crippen molar-refractivity contribution in [3.05, 3.63) is 0 Å². The van der Waals surface area contributed by atoms with Crippen molar-refractivity contribution in [3.63, 3.8) is 0 Å². The summed E-state index contributed by atoms with van der Waals surface area (Å²) in [6.45, 7) is 9.92. The van der Waals surface area contributed by atoms with Crippen LogP contribution in [0, 0.1) is 0 Å². The lowest BCUT2D eigenvalue weighted by Crippen LogP contribution is -2.68. The molecule has 0 aliphatic carbocycles. The molecule has 21 heavy (non-hydrogen) atoms. The molecule has 0 saturated carbocycles. The third-order valence-corrected chi connectivity index (χ3v) is 5.97. The Morgan fingerprint density at radius 2 is 1.14 bits per heavy atom. The summed E-state index contributed by atoms with van der Waals surface area (Å²) in [7, 11) is -6.41. The fraction of sp³-hybridized carbons (Fsp3) is 1.00. The van der Waals surface area contributed by atoms with Gasteiger partial charge in [-0.1, -0.05) is 0 Å². The molecule has 0 aromatic carbocycles. The van der Waals surface area contributed by atoms with Crippen LogP contribution in [0.15, 0.2) is 0 Å². The average Bonchev–Trinajstić information content (AvgIpc) is 2.39. The van der Waals surface area contributed by atoms with Crippen LogP contribution in [0.2, 0.25) is 0 Å². The van der Waals surface area contributed by atoms with Gasteiger partial charge in [-0.15, -0.1) is 0 Å². The van der Waals surface area contributed by atoms with Gasteiger partial charge in [-0.05, 0) is 34.6 Å². The van der Waals surface area contributed by atoms with Crippen molar-refractivity contribution in [1.82, 2.24) is 0 Å². The average molecular weight is 346 g/mol. The minimum Gasteiger partial charge on any atom is -0.369 e. The maximum absolute atomic E-state index is 9.30. The van der Waals surface area contributed by atoms with Crippen LogP contribution in [0.1, 0.15) is 34.6 Å². The van der Waals surface area contributed by atoms with Crippen molar-refractivity contribution in [2.45, 2.75) is 40.2 Å². The van der Waals surface area contributed by atoms with E-state index in [0.717, 1.165) is 0 Å². The molecule has 0 rings (SSSR count). The lowest BCUT2D eigenvalue weighted by Gasteiger charge is -2.42. The molecular formula is C11H27O8PSi. The minimum absolute atomic E-state index is 0.186. The number of hydrogen-bond acceptors (Lipinski definition) is 8. The molecule has 0 unspecified atom stereocenters. The molecule has 10 heteroatoms. The lowest BCUT2D eigenvalue weighted by atomic mass is 10.8. The Morgan fingerprint density at radius 1 is 0.762 bits per heavy atom. The zero-order valence-corrected chi connectivity index (χ0v) is 15.2. The first kappa shape index (κ1) is 21.3. The fourth-order valence-electron chi connectivity index (χ4n) is 1.77. The zero-order chi connectivity index (χ0) is 16.4. The largest absolute Gasteiger partial charge is 0.597 e. The molecule has 0 atom stereocenters. The summed E-state index contributed by atoms with van der Waals surface area (Å²) in [5.74, 6) is 0. The van der Waals surface area contributed by atoms with Crippen LogP contribution in [-0.2, 0) is 27.3 Å². The molecular weight excluding hydrogens is 319 g/mol. The molecule has 0 spiro atoms. The second kappa shape index (κ2) is 11.0. The molecule has 2 N–H and O–H groups in total. The highest BCUT2D eigenvalue weighted by molar-refractivity contribution is 7.39. The van der Waals surface area contributed by atoms with E-state index in [2.05, 4.69) is 0 Å². The van der Waals surface area contributed by atoms with E-state index in [1.54, 1.807) is 34.6 Å². The van der Waals surface area contributed by atoms with E-state index in [0.29, 0.717) is 0 Å². The van der Waals surface area contributed by atoms with Gasteiger partial charge in [0.25, 0.3) is 0 Å². The van der Waals surface area contributed by atoms with E-state index in [4.69, 9.17) is 27.3 Å². The van der Waals surface area contributed by atoms with Crippen molar-refractivity contribution in [1.29, 1.82) is 0 Å². The Morgan fingerprint density at radius 3 is 1.38 bits per heavy atom. The highest BCUT2D eigenvalue weighted by Crippen LogP contribution is 2.41. The Hall–Kier alpha value is 0.327. The monoisotopic (exact) mass is 346 g/mol. The van der Waals surface area contributed by atoms with Crippen LogP contribution in [0.25, 0.3) is 0 Å². The summed E-state index contributed by atoms with van der Waals surface area (Å²) in [6, 6.07) is 0. The van der Waals surface area contributed by atoms with Gasteiger partial charge < -0.3 is 32.5 Å². The third kappa shape index (κ3) is 5.79. The summed E-state index contributed by atoms with van der Waals surface area (Å²) < 4.78 is 33.3. The van der Waals surface area contributed by atoms with Crippen LogP contribution in [0.5, 0.6) is 0 Å². The standard InChI is InChI=1S/C11H27O8PSi/c1-6-14-11(15-7-2,19-20(12)13)21(16-8-3,17-9-4)18-10-5/h12-13H,6-10H2,1-5H3. The van der Waals surface area contributed by atoms with Crippen LogP contribution in [0.4, 0.5) is 0 Å². The summed E-state index contributed by atoms with van der Waals surface area (Å²) >= 11 is 0. The van der Waals surface area contributed by atoms with Crippen molar-refractivity contribution >= 4 is 17.4 Å². The Labute approximate surface area is 128 Å². The normalized spacial score (nSPS) is 13.1. The van der Waals surface area contributed by atoms with Crippen LogP contribution in [0.3, 0.4) is 0 Å². The van der Waals surface area contributed by atoms with Crippen molar-refractivity contribution in [2.75, 3.05) is 33.0 Å². The molecule has 0 aromatic heterocycles. The fourth-order valence-corrected chi connectivity index (χ4v) is 5.35. The van der Waals surface area contributed by atoms with Gasteiger partial charge in [-0.3, -0.25) is 4.52 Å². The van der Waals surface area contributed by atoms with Crippen molar-refractivity contribution in [3.8, 4) is 0 Å². The first-order chi connectivity index (χ1) is 9.97. The van der Waals surface area contributed by atoms with E-state index < -0.39 is 23.0 Å². The maximum atomic E-state index is 9.30. The molecule has 0 saturated heterocycles. The summed E-state index contributed by atoms with van der Waals surface area (Å²) in [4.78, 5) is 18.6. The Bertz CT molecular complexity index is 246. The predicted molar refractivity (Wildman–Crippen MR) is 79.1 cm³/mol. The predicted octanol–water partition coefficient (Wildman–Crippen LogP) is 1.53. The third-order valence-electron chi connectivity index (χ3n) is 2.25. The smallest absolute Gasteiger partial charge is 0.369 e. The minimum atomic E-state index is -3.65. The van der Waals surface area contributed by atoms with Gasteiger partial charge in [0, 0.05) is 33.0 Å². The van der Waals surface area contributed by atoms with E-state index in [9.17, 15) is 9.79 Å². The summed E-state index contributed by atoms with van der Waals surface area (Å²) in [5, 5.41) is 0. The second-order valence-electron chi connectivity index (χ2n) is 3.62. The number of ether oxygens (including phenoxy) is 2. The molecule has 0 fully saturated rings. The van der Waals surface area contributed by atoms with Gasteiger partial charge in [0.1, 0.15) is 0 Å². The van der Waals surface area contributed by atoms with Gasteiger partial charge in [0.2, 0.25) is 0 Å². The summed E-state index contributed by atoms with van der Waals surface area (Å²) in [5.41, 5.74) is -1.91. The van der Waals surface area contributed by atoms with Crippen LogP contribution in [-0.4, -0.2) is 57.2 Å². The van der Waals surface area contributed by atoms with Crippen molar-refractivity contribution < 1.29 is 37.1 Å². The SMILES string of the molecule is CCOC(OCC)(OP(O)O)[Si](OCC)(OCC)OCC. The van der Waals surface area contributed by atoms with E-state index in [1.165, 1.54) is 0 Å². The van der Waals surface area contributed by atoms with Gasteiger partial charge >= 0.3 is 23.0 Å². The van der Waals surface area contributed by atoms with Gasteiger partial charge in [0.15, 0.2) is 0 Å². The van der Waals surface area contributed by atoms with E-state index in [-0.39, 0.29) is 33.0 Å². The van der Waals surface area contributed by atoms with Crippen molar-refractivity contribution in [2.24, 2.45) is 0 Å². The molecule has 0 aliphatic heterocycles. The highest BCUT2D eigenvalue weighted by atomic mass is 31.2. The van der Waals surface area contributed by atoms with Crippen LogP contribution >= 0.6 is 8.60 Å². The molecule has 8 nitrogen and oxygen atoms in total. The Balaban J connectivity index is 5.77. The molecule has 0 aromatic rings. The lowest BCUT2D eigenvalue weighted by molar-refractivity contribution is -0.321. The number of hydrogen-bond donors (Lipinski definition) is 2. The topological polar surface area (TPSA) is 95.8 Å². The summed E-state index contributed by atoms with van der Waals surface area (Å²) in [6.07, 6.45) is 0. The van der Waals surface area contributed by atoms with Gasteiger partial charge in [-0.25, -0.2) is 0 Å². The number of rotatable bonds is 13.